The maximum absolute atomic E-state index is 8.57. The van der Waals surface area contributed by atoms with Crippen LogP contribution in [-0.4, -0.2) is 23.8 Å². The first-order valence-electron chi connectivity index (χ1n) is 4.98. The van der Waals surface area contributed by atoms with Gasteiger partial charge < -0.3 is 10.4 Å². The smallest absolute Gasteiger partial charge is 0.0431 e. The quantitative estimate of drug-likeness (QED) is 0.577. The lowest BCUT2D eigenvalue weighted by Gasteiger charge is -2.25. The van der Waals surface area contributed by atoms with Crippen molar-refractivity contribution in [2.45, 2.75) is 52.0 Å². The van der Waals surface area contributed by atoms with Crippen molar-refractivity contribution in [3.63, 3.8) is 0 Å². The minimum atomic E-state index is 0.268. The highest BCUT2D eigenvalue weighted by atomic mass is 16.2. The Hall–Kier alpha value is -0.0800. The predicted molar refractivity (Wildman–Crippen MR) is 53.3 cm³/mol. The zero-order chi connectivity index (χ0) is 9.45. The molecule has 0 unspecified atom stereocenters. The first-order chi connectivity index (χ1) is 5.62. The van der Waals surface area contributed by atoms with Crippen molar-refractivity contribution in [2.75, 3.05) is 13.2 Å². The first-order valence-corrected chi connectivity index (χ1v) is 4.98. The van der Waals surface area contributed by atoms with E-state index in [2.05, 4.69) is 26.1 Å². The molecule has 2 nitrogen and oxygen atoms in total. The molecule has 0 rings (SSSR count). The molecule has 2 N–H and O–H groups in total. The van der Waals surface area contributed by atoms with Gasteiger partial charge in [0.2, 0.25) is 0 Å². The summed E-state index contributed by atoms with van der Waals surface area (Å²) in [4.78, 5) is 0. The monoisotopic (exact) mass is 173 g/mol. The SMILES string of the molecule is CCCC(C)(C)NCCCCO. The van der Waals surface area contributed by atoms with Crippen LogP contribution in [0.2, 0.25) is 0 Å². The number of unbranched alkanes of at least 4 members (excludes halogenated alkanes) is 1. The van der Waals surface area contributed by atoms with Crippen molar-refractivity contribution < 1.29 is 5.11 Å². The van der Waals surface area contributed by atoms with Gasteiger partial charge in [-0.15, -0.1) is 0 Å². The molecule has 0 heterocycles. The lowest BCUT2D eigenvalue weighted by molar-refractivity contribution is 0.277. The second kappa shape index (κ2) is 6.44. The minimum Gasteiger partial charge on any atom is -0.396 e. The van der Waals surface area contributed by atoms with E-state index >= 15 is 0 Å². The third kappa shape index (κ3) is 6.62. The molecule has 0 aromatic rings. The predicted octanol–water partition coefficient (Wildman–Crippen LogP) is 1.93. The summed E-state index contributed by atoms with van der Waals surface area (Å²) in [6.45, 7) is 8.01. The van der Waals surface area contributed by atoms with E-state index in [1.54, 1.807) is 0 Å². The van der Waals surface area contributed by atoms with Gasteiger partial charge >= 0.3 is 0 Å². The van der Waals surface area contributed by atoms with Crippen molar-refractivity contribution in [2.24, 2.45) is 0 Å². The van der Waals surface area contributed by atoms with Crippen LogP contribution in [0.15, 0.2) is 0 Å². The number of aliphatic hydroxyl groups excluding tert-OH is 1. The summed E-state index contributed by atoms with van der Waals surface area (Å²) in [7, 11) is 0. The van der Waals surface area contributed by atoms with Gasteiger partial charge in [-0.05, 0) is 39.7 Å². The van der Waals surface area contributed by atoms with Crippen molar-refractivity contribution in [1.82, 2.24) is 5.32 Å². The Morgan fingerprint density at radius 3 is 2.42 bits per heavy atom. The highest BCUT2D eigenvalue weighted by molar-refractivity contribution is 4.75. The average Bonchev–Trinajstić information content (AvgIpc) is 1.98. The van der Waals surface area contributed by atoms with E-state index < -0.39 is 0 Å². The second-order valence-corrected chi connectivity index (χ2v) is 3.99. The molecule has 0 aromatic heterocycles. The molecular formula is C10H23NO. The van der Waals surface area contributed by atoms with E-state index in [4.69, 9.17) is 5.11 Å². The van der Waals surface area contributed by atoms with E-state index in [0.29, 0.717) is 6.61 Å². The van der Waals surface area contributed by atoms with Gasteiger partial charge in [0.25, 0.3) is 0 Å². The summed E-state index contributed by atoms with van der Waals surface area (Å²) < 4.78 is 0. The summed E-state index contributed by atoms with van der Waals surface area (Å²) in [5.41, 5.74) is 0.268. The molecular weight excluding hydrogens is 150 g/mol. The van der Waals surface area contributed by atoms with Gasteiger partial charge in [0.05, 0.1) is 0 Å². The molecule has 0 bridgehead atoms. The molecule has 0 saturated heterocycles. The van der Waals surface area contributed by atoms with Gasteiger partial charge in [0, 0.05) is 12.1 Å². The van der Waals surface area contributed by atoms with Gasteiger partial charge in [-0.1, -0.05) is 13.3 Å². The van der Waals surface area contributed by atoms with Crippen LogP contribution in [0.25, 0.3) is 0 Å². The summed E-state index contributed by atoms with van der Waals surface area (Å²) in [6, 6.07) is 0. The Balaban J connectivity index is 3.33. The van der Waals surface area contributed by atoms with Crippen LogP contribution in [0.4, 0.5) is 0 Å². The van der Waals surface area contributed by atoms with E-state index in [0.717, 1.165) is 19.4 Å². The maximum Gasteiger partial charge on any atom is 0.0431 e. The molecule has 74 valence electrons. The van der Waals surface area contributed by atoms with Gasteiger partial charge in [-0.2, -0.15) is 0 Å². The molecule has 0 saturated carbocycles. The summed E-state index contributed by atoms with van der Waals surface area (Å²) in [5.74, 6) is 0. The van der Waals surface area contributed by atoms with Crippen LogP contribution in [0.3, 0.4) is 0 Å². The fourth-order valence-electron chi connectivity index (χ4n) is 1.38. The van der Waals surface area contributed by atoms with E-state index in [9.17, 15) is 0 Å². The highest BCUT2D eigenvalue weighted by Crippen LogP contribution is 2.10. The summed E-state index contributed by atoms with van der Waals surface area (Å²) in [5, 5.41) is 12.1. The fraction of sp³-hybridized carbons (Fsp3) is 1.00. The number of aliphatic hydroxyl groups is 1. The normalized spacial score (nSPS) is 12.0. The summed E-state index contributed by atoms with van der Waals surface area (Å²) >= 11 is 0. The van der Waals surface area contributed by atoms with Crippen LogP contribution in [0.1, 0.15) is 46.5 Å². The van der Waals surface area contributed by atoms with Crippen LogP contribution >= 0.6 is 0 Å². The zero-order valence-corrected chi connectivity index (χ0v) is 8.69. The van der Waals surface area contributed by atoms with Crippen molar-refractivity contribution >= 4 is 0 Å². The van der Waals surface area contributed by atoms with E-state index in [1.165, 1.54) is 12.8 Å². The fourth-order valence-corrected chi connectivity index (χ4v) is 1.38. The Bertz CT molecular complexity index is 102. The van der Waals surface area contributed by atoms with Crippen molar-refractivity contribution in [3.8, 4) is 0 Å². The van der Waals surface area contributed by atoms with E-state index in [-0.39, 0.29) is 5.54 Å². The number of hydrogen-bond donors (Lipinski definition) is 2. The molecule has 0 atom stereocenters. The molecule has 0 spiro atoms. The molecule has 0 aliphatic heterocycles. The molecule has 0 radical (unpaired) electrons. The minimum absolute atomic E-state index is 0.268. The third-order valence-corrected chi connectivity index (χ3v) is 2.06. The van der Waals surface area contributed by atoms with Crippen LogP contribution < -0.4 is 5.32 Å². The Labute approximate surface area is 76.4 Å². The largest absolute Gasteiger partial charge is 0.396 e. The van der Waals surface area contributed by atoms with Gasteiger partial charge in [-0.25, -0.2) is 0 Å². The number of hydrogen-bond acceptors (Lipinski definition) is 2. The summed E-state index contributed by atoms with van der Waals surface area (Å²) in [6.07, 6.45) is 4.42. The van der Waals surface area contributed by atoms with Gasteiger partial charge in [0.1, 0.15) is 0 Å². The number of rotatable bonds is 7. The van der Waals surface area contributed by atoms with Gasteiger partial charge in [-0.3, -0.25) is 0 Å². The van der Waals surface area contributed by atoms with Crippen LogP contribution in [-0.2, 0) is 0 Å². The van der Waals surface area contributed by atoms with E-state index in [1.807, 2.05) is 0 Å². The Morgan fingerprint density at radius 1 is 1.25 bits per heavy atom. The third-order valence-electron chi connectivity index (χ3n) is 2.06. The van der Waals surface area contributed by atoms with Crippen LogP contribution in [0, 0.1) is 0 Å². The van der Waals surface area contributed by atoms with Crippen LogP contribution in [0.5, 0.6) is 0 Å². The highest BCUT2D eigenvalue weighted by Gasteiger charge is 2.13. The second-order valence-electron chi connectivity index (χ2n) is 3.99. The number of nitrogens with one attached hydrogen (secondary N) is 1. The molecule has 12 heavy (non-hydrogen) atoms. The zero-order valence-electron chi connectivity index (χ0n) is 8.69. The lowest BCUT2D eigenvalue weighted by Crippen LogP contribution is -2.39. The average molecular weight is 173 g/mol. The van der Waals surface area contributed by atoms with Crippen molar-refractivity contribution in [1.29, 1.82) is 0 Å². The first kappa shape index (κ1) is 11.9. The molecule has 0 aliphatic rings. The Kier molecular flexibility index (Phi) is 6.39. The standard InChI is InChI=1S/C10H23NO/c1-4-7-10(2,3)11-8-5-6-9-12/h11-12H,4-9H2,1-3H3. The Morgan fingerprint density at radius 2 is 1.92 bits per heavy atom. The molecule has 0 amide bonds. The molecule has 0 fully saturated rings. The molecule has 0 aromatic carbocycles. The lowest BCUT2D eigenvalue weighted by atomic mass is 9.99. The molecule has 0 aliphatic carbocycles. The molecule has 2 heteroatoms. The van der Waals surface area contributed by atoms with Gasteiger partial charge in [0.15, 0.2) is 0 Å². The maximum atomic E-state index is 8.57. The van der Waals surface area contributed by atoms with Crippen molar-refractivity contribution in [3.05, 3.63) is 0 Å². The topological polar surface area (TPSA) is 32.3 Å².